The van der Waals surface area contributed by atoms with E-state index < -0.39 is 22.5 Å². The number of phenolic OH excluding ortho intramolecular Hbond substituents is 1. The van der Waals surface area contributed by atoms with Crippen molar-refractivity contribution in [3.05, 3.63) is 53.1 Å². The van der Waals surface area contributed by atoms with Gasteiger partial charge in [0, 0.05) is 5.02 Å². The van der Waals surface area contributed by atoms with Crippen LogP contribution < -0.4 is 14.5 Å². The maximum absolute atomic E-state index is 12.1. The fourth-order valence-electron chi connectivity index (χ4n) is 2.15. The molecule has 0 spiro atoms. The molecule has 0 heterocycles. The van der Waals surface area contributed by atoms with E-state index in [1.54, 1.807) is 18.2 Å². The van der Waals surface area contributed by atoms with E-state index in [4.69, 9.17) is 16.3 Å². The van der Waals surface area contributed by atoms with Crippen LogP contribution in [0.3, 0.4) is 0 Å². The average molecular weight is 412 g/mol. The van der Waals surface area contributed by atoms with E-state index in [2.05, 4.69) is 10.5 Å². The summed E-state index contributed by atoms with van der Waals surface area (Å²) in [4.78, 5) is 12.1. The van der Waals surface area contributed by atoms with Crippen LogP contribution in [0.2, 0.25) is 5.02 Å². The molecule has 8 nitrogen and oxygen atoms in total. The first-order chi connectivity index (χ1) is 12.7. The third-order valence-electron chi connectivity index (χ3n) is 3.39. The number of halogens is 1. The van der Waals surface area contributed by atoms with Gasteiger partial charge in [0.15, 0.2) is 11.5 Å². The molecule has 10 heteroatoms. The number of hydrogen-bond donors (Lipinski definition) is 2. The van der Waals surface area contributed by atoms with Crippen molar-refractivity contribution in [2.24, 2.45) is 5.10 Å². The van der Waals surface area contributed by atoms with Gasteiger partial charge in [-0.15, -0.1) is 0 Å². The van der Waals surface area contributed by atoms with Crippen LogP contribution in [0.5, 0.6) is 11.5 Å². The molecule has 0 aliphatic rings. The summed E-state index contributed by atoms with van der Waals surface area (Å²) in [5.41, 5.74) is 3.10. The lowest BCUT2D eigenvalue weighted by molar-refractivity contribution is -0.119. The molecule has 27 heavy (non-hydrogen) atoms. The second-order valence-electron chi connectivity index (χ2n) is 5.47. The molecule has 2 aromatic carbocycles. The van der Waals surface area contributed by atoms with Gasteiger partial charge in [-0.1, -0.05) is 17.7 Å². The molecule has 1 amide bonds. The number of nitrogens with one attached hydrogen (secondary N) is 1. The Morgan fingerprint density at radius 1 is 1.33 bits per heavy atom. The summed E-state index contributed by atoms with van der Waals surface area (Å²) >= 11 is 5.89. The van der Waals surface area contributed by atoms with Crippen LogP contribution in [0.4, 0.5) is 5.69 Å². The molecule has 0 bridgehead atoms. The fraction of sp³-hybridized carbons (Fsp3) is 0.176. The number of phenols is 1. The number of carbonyl (C=O) groups is 1. The highest BCUT2D eigenvalue weighted by Gasteiger charge is 2.20. The monoisotopic (exact) mass is 411 g/mol. The van der Waals surface area contributed by atoms with Crippen LogP contribution in [0, 0.1) is 0 Å². The number of rotatable bonds is 7. The largest absolute Gasteiger partial charge is 0.504 e. The second kappa shape index (κ2) is 8.74. The summed E-state index contributed by atoms with van der Waals surface area (Å²) in [6, 6.07) is 10.7. The minimum Gasteiger partial charge on any atom is -0.504 e. The van der Waals surface area contributed by atoms with Gasteiger partial charge >= 0.3 is 0 Å². The van der Waals surface area contributed by atoms with Gasteiger partial charge in [0.25, 0.3) is 5.91 Å². The Bertz CT molecular complexity index is 963. The average Bonchev–Trinajstić information content (AvgIpc) is 2.60. The number of aromatic hydroxyl groups is 1. The Kier molecular flexibility index (Phi) is 6.65. The Balaban J connectivity index is 2.08. The Morgan fingerprint density at radius 3 is 2.70 bits per heavy atom. The van der Waals surface area contributed by atoms with Crippen LogP contribution in [0.1, 0.15) is 5.56 Å². The zero-order valence-electron chi connectivity index (χ0n) is 14.6. The molecule has 2 rings (SSSR count). The molecule has 2 N–H and O–H groups in total. The first-order valence-corrected chi connectivity index (χ1v) is 9.85. The number of amides is 1. The number of sulfonamides is 1. The molecule has 0 aromatic heterocycles. The number of hydrogen-bond acceptors (Lipinski definition) is 6. The van der Waals surface area contributed by atoms with Crippen molar-refractivity contribution in [1.82, 2.24) is 5.43 Å². The number of hydrazone groups is 1. The van der Waals surface area contributed by atoms with E-state index in [1.807, 2.05) is 0 Å². The van der Waals surface area contributed by atoms with Gasteiger partial charge in [-0.25, -0.2) is 13.8 Å². The van der Waals surface area contributed by atoms with Gasteiger partial charge in [0.2, 0.25) is 10.0 Å². The van der Waals surface area contributed by atoms with Gasteiger partial charge in [0.05, 0.1) is 25.3 Å². The van der Waals surface area contributed by atoms with Crippen LogP contribution in [-0.2, 0) is 14.8 Å². The molecular formula is C17H18ClN3O5S. The number of nitrogens with zero attached hydrogens (tertiary/aromatic N) is 2. The summed E-state index contributed by atoms with van der Waals surface area (Å²) in [6.07, 6.45) is 2.33. The summed E-state index contributed by atoms with van der Waals surface area (Å²) in [5, 5.41) is 13.7. The molecular weight excluding hydrogens is 394 g/mol. The Hall–Kier alpha value is -2.78. The molecule has 0 atom stereocenters. The predicted molar refractivity (Wildman–Crippen MR) is 104 cm³/mol. The molecule has 0 radical (unpaired) electrons. The highest BCUT2D eigenvalue weighted by Crippen LogP contribution is 2.25. The zero-order chi connectivity index (χ0) is 20.0. The van der Waals surface area contributed by atoms with Crippen molar-refractivity contribution in [1.29, 1.82) is 0 Å². The lowest BCUT2D eigenvalue weighted by Crippen LogP contribution is -2.39. The SMILES string of the molecule is COc1cc(/C=N\NC(=O)CN(c2cccc(Cl)c2)S(C)(=O)=O)ccc1O. The quantitative estimate of drug-likeness (QED) is 0.535. The molecule has 0 aliphatic heterocycles. The number of methoxy groups -OCH3 is 1. The van der Waals surface area contributed by atoms with Crippen molar-refractivity contribution < 1.29 is 23.1 Å². The molecule has 0 saturated heterocycles. The van der Waals surface area contributed by atoms with Gasteiger partial charge in [0.1, 0.15) is 6.54 Å². The highest BCUT2D eigenvalue weighted by atomic mass is 35.5. The highest BCUT2D eigenvalue weighted by molar-refractivity contribution is 7.92. The van der Waals surface area contributed by atoms with Gasteiger partial charge in [-0.2, -0.15) is 5.10 Å². The van der Waals surface area contributed by atoms with Crippen molar-refractivity contribution in [3.8, 4) is 11.5 Å². The molecule has 0 fully saturated rings. The van der Waals surface area contributed by atoms with Crippen molar-refractivity contribution in [3.63, 3.8) is 0 Å². The van der Waals surface area contributed by atoms with E-state index >= 15 is 0 Å². The minimum atomic E-state index is -3.70. The third-order valence-corrected chi connectivity index (χ3v) is 4.77. The van der Waals surface area contributed by atoms with Gasteiger partial charge in [-0.3, -0.25) is 9.10 Å². The molecule has 0 saturated carbocycles. The van der Waals surface area contributed by atoms with E-state index in [-0.39, 0.29) is 17.2 Å². The Labute approximate surface area is 162 Å². The van der Waals surface area contributed by atoms with E-state index in [0.29, 0.717) is 10.6 Å². The molecule has 2 aromatic rings. The van der Waals surface area contributed by atoms with Crippen LogP contribution in [0.15, 0.2) is 47.6 Å². The molecule has 0 aliphatic carbocycles. The topological polar surface area (TPSA) is 108 Å². The van der Waals surface area contributed by atoms with Crippen molar-refractivity contribution in [2.45, 2.75) is 0 Å². The summed E-state index contributed by atoms with van der Waals surface area (Å²) < 4.78 is 29.9. The summed E-state index contributed by atoms with van der Waals surface area (Å²) in [7, 11) is -2.29. The first-order valence-electron chi connectivity index (χ1n) is 7.63. The number of benzene rings is 2. The predicted octanol–water partition coefficient (Wildman–Crippen LogP) is 1.97. The third kappa shape index (κ3) is 5.87. The summed E-state index contributed by atoms with van der Waals surface area (Å²) in [6.45, 7) is -0.463. The summed E-state index contributed by atoms with van der Waals surface area (Å²) in [5.74, 6) is -0.402. The van der Waals surface area contributed by atoms with Crippen LogP contribution >= 0.6 is 11.6 Å². The van der Waals surface area contributed by atoms with Crippen LogP contribution in [0.25, 0.3) is 0 Å². The van der Waals surface area contributed by atoms with Crippen molar-refractivity contribution in [2.75, 3.05) is 24.2 Å². The Morgan fingerprint density at radius 2 is 2.07 bits per heavy atom. The lowest BCUT2D eigenvalue weighted by Gasteiger charge is -2.21. The van der Waals surface area contributed by atoms with E-state index in [1.165, 1.54) is 37.6 Å². The minimum absolute atomic E-state index is 0.0241. The standard InChI is InChI=1S/C17H18ClN3O5S/c1-26-16-8-12(6-7-15(16)22)10-19-20-17(23)11-21(27(2,24)25)14-5-3-4-13(18)9-14/h3-10,22H,11H2,1-2H3,(H,20,23)/b19-10-. The number of carbonyl (C=O) groups excluding carboxylic acids is 1. The lowest BCUT2D eigenvalue weighted by atomic mass is 10.2. The fourth-order valence-corrected chi connectivity index (χ4v) is 3.18. The normalized spacial score (nSPS) is 11.4. The van der Waals surface area contributed by atoms with Gasteiger partial charge in [-0.05, 0) is 42.0 Å². The number of ether oxygens (including phenoxy) is 1. The van der Waals surface area contributed by atoms with Crippen LogP contribution in [-0.4, -0.2) is 45.6 Å². The van der Waals surface area contributed by atoms with Crippen molar-refractivity contribution >= 4 is 39.4 Å². The molecule has 144 valence electrons. The van der Waals surface area contributed by atoms with E-state index in [0.717, 1.165) is 10.6 Å². The maximum atomic E-state index is 12.1. The first kappa shape index (κ1) is 20.5. The molecule has 0 unspecified atom stereocenters. The maximum Gasteiger partial charge on any atom is 0.260 e. The van der Waals surface area contributed by atoms with Gasteiger partial charge < -0.3 is 9.84 Å². The second-order valence-corrected chi connectivity index (χ2v) is 7.82. The smallest absolute Gasteiger partial charge is 0.260 e. The van der Waals surface area contributed by atoms with E-state index in [9.17, 15) is 18.3 Å². The number of anilines is 1. The zero-order valence-corrected chi connectivity index (χ0v) is 16.2.